The Morgan fingerprint density at radius 3 is 2.48 bits per heavy atom. The van der Waals surface area contributed by atoms with Crippen molar-refractivity contribution in [2.24, 2.45) is 0 Å². The summed E-state index contributed by atoms with van der Waals surface area (Å²) in [6.07, 6.45) is 5.60. The lowest BCUT2D eigenvalue weighted by Crippen LogP contribution is -2.42. The Balaban J connectivity index is 1.89. The molecular formula is C20H30N2O4S. The van der Waals surface area contributed by atoms with Crippen LogP contribution in [0, 0.1) is 6.92 Å². The maximum Gasteiger partial charge on any atom is 0.254 e. The van der Waals surface area contributed by atoms with Gasteiger partial charge in [0.2, 0.25) is 10.0 Å². The zero-order valence-electron chi connectivity index (χ0n) is 16.3. The molecule has 0 aromatic heterocycles. The number of sulfonamides is 1. The molecule has 1 saturated carbocycles. The van der Waals surface area contributed by atoms with Gasteiger partial charge in [0.15, 0.2) is 0 Å². The highest BCUT2D eigenvalue weighted by molar-refractivity contribution is 7.89. The van der Waals surface area contributed by atoms with Crippen LogP contribution >= 0.6 is 0 Å². The summed E-state index contributed by atoms with van der Waals surface area (Å²) in [6, 6.07) is 5.17. The third kappa shape index (κ3) is 4.36. The number of hydrogen-bond donors (Lipinski definition) is 0. The van der Waals surface area contributed by atoms with Gasteiger partial charge >= 0.3 is 0 Å². The van der Waals surface area contributed by atoms with Crippen molar-refractivity contribution in [2.75, 3.05) is 32.8 Å². The fraction of sp³-hybridized carbons (Fsp3) is 0.650. The van der Waals surface area contributed by atoms with E-state index in [0.29, 0.717) is 38.4 Å². The fourth-order valence-corrected chi connectivity index (χ4v) is 5.48. The van der Waals surface area contributed by atoms with Crippen molar-refractivity contribution in [3.05, 3.63) is 29.3 Å². The van der Waals surface area contributed by atoms with Crippen LogP contribution in [0.1, 0.15) is 54.9 Å². The van der Waals surface area contributed by atoms with E-state index in [1.807, 2.05) is 18.7 Å². The summed E-state index contributed by atoms with van der Waals surface area (Å²) in [7, 11) is -3.61. The Labute approximate surface area is 162 Å². The molecule has 1 aromatic rings. The lowest BCUT2D eigenvalue weighted by atomic mass is 9.93. The predicted molar refractivity (Wildman–Crippen MR) is 104 cm³/mol. The molecule has 0 atom stereocenters. The normalized spacial score (nSPS) is 19.8. The average molecular weight is 395 g/mol. The summed E-state index contributed by atoms with van der Waals surface area (Å²) in [5.74, 6) is -0.0547. The first kappa shape index (κ1) is 20.3. The van der Waals surface area contributed by atoms with Gasteiger partial charge in [0.25, 0.3) is 5.91 Å². The zero-order chi connectivity index (χ0) is 19.4. The van der Waals surface area contributed by atoms with Crippen molar-refractivity contribution in [2.45, 2.75) is 56.9 Å². The molecule has 1 aliphatic carbocycles. The second-order valence-corrected chi connectivity index (χ2v) is 9.31. The first-order chi connectivity index (χ1) is 12.9. The van der Waals surface area contributed by atoms with Crippen LogP contribution in [0.2, 0.25) is 0 Å². The molecule has 2 fully saturated rings. The molecule has 0 N–H and O–H groups in total. The minimum atomic E-state index is -3.61. The summed E-state index contributed by atoms with van der Waals surface area (Å²) >= 11 is 0. The summed E-state index contributed by atoms with van der Waals surface area (Å²) in [5.41, 5.74) is 1.31. The molecule has 0 bridgehead atoms. The van der Waals surface area contributed by atoms with Crippen LogP contribution in [0.4, 0.5) is 0 Å². The topological polar surface area (TPSA) is 66.9 Å². The van der Waals surface area contributed by atoms with E-state index in [1.165, 1.54) is 10.7 Å². The van der Waals surface area contributed by atoms with E-state index in [2.05, 4.69) is 0 Å². The number of morpholine rings is 1. The Kier molecular flexibility index (Phi) is 6.55. The van der Waals surface area contributed by atoms with Gasteiger partial charge in [-0.2, -0.15) is 4.31 Å². The lowest BCUT2D eigenvalue weighted by Gasteiger charge is -2.34. The largest absolute Gasteiger partial charge is 0.379 e. The summed E-state index contributed by atoms with van der Waals surface area (Å²) in [4.78, 5) is 15.4. The van der Waals surface area contributed by atoms with Crippen molar-refractivity contribution in [1.29, 1.82) is 0 Å². The molecule has 1 saturated heterocycles. The molecule has 27 heavy (non-hydrogen) atoms. The molecule has 0 radical (unpaired) electrons. The van der Waals surface area contributed by atoms with Crippen LogP contribution in [0.25, 0.3) is 0 Å². The number of ether oxygens (including phenoxy) is 1. The van der Waals surface area contributed by atoms with Gasteiger partial charge in [0.05, 0.1) is 18.1 Å². The highest BCUT2D eigenvalue weighted by Gasteiger charge is 2.30. The highest BCUT2D eigenvalue weighted by atomic mass is 32.2. The van der Waals surface area contributed by atoms with Crippen LogP contribution in [-0.4, -0.2) is 62.4 Å². The Bertz CT molecular complexity index is 766. The van der Waals surface area contributed by atoms with Crippen molar-refractivity contribution in [3.8, 4) is 0 Å². The third-order valence-corrected chi connectivity index (χ3v) is 7.56. The Hall–Kier alpha value is -1.44. The van der Waals surface area contributed by atoms with Crippen molar-refractivity contribution < 1.29 is 17.9 Å². The molecule has 2 aliphatic rings. The number of benzene rings is 1. The summed E-state index contributed by atoms with van der Waals surface area (Å²) in [5, 5.41) is 0. The lowest BCUT2D eigenvalue weighted by molar-refractivity contribution is 0.0646. The Morgan fingerprint density at radius 2 is 1.85 bits per heavy atom. The van der Waals surface area contributed by atoms with Crippen molar-refractivity contribution in [1.82, 2.24) is 9.21 Å². The smallest absolute Gasteiger partial charge is 0.254 e. The van der Waals surface area contributed by atoms with Gasteiger partial charge in [0, 0.05) is 31.2 Å². The van der Waals surface area contributed by atoms with Gasteiger partial charge in [0.1, 0.15) is 0 Å². The van der Waals surface area contributed by atoms with Crippen molar-refractivity contribution in [3.63, 3.8) is 0 Å². The summed E-state index contributed by atoms with van der Waals surface area (Å²) in [6.45, 7) is 6.02. The van der Waals surface area contributed by atoms with Crippen LogP contribution in [0.5, 0.6) is 0 Å². The molecule has 1 aliphatic heterocycles. The standard InChI is InChI=1S/C20H30N2O4S/c1-3-22(17-7-5-4-6-8-17)20(23)19-15-18(10-9-16(19)2)27(24,25)21-11-13-26-14-12-21/h9-10,15,17H,3-8,11-14H2,1-2H3. The first-order valence-corrected chi connectivity index (χ1v) is 11.4. The Morgan fingerprint density at radius 1 is 1.19 bits per heavy atom. The molecule has 1 heterocycles. The number of carbonyl (C=O) groups is 1. The van der Waals surface area contributed by atoms with E-state index in [1.54, 1.807) is 18.2 Å². The van der Waals surface area contributed by atoms with Crippen LogP contribution < -0.4 is 0 Å². The SMILES string of the molecule is CCN(C(=O)c1cc(S(=O)(=O)N2CCOCC2)ccc1C)C1CCCCC1. The van der Waals surface area contributed by atoms with Gasteiger partial charge in [-0.15, -0.1) is 0 Å². The number of aryl methyl sites for hydroxylation is 1. The van der Waals surface area contributed by atoms with Crippen molar-refractivity contribution >= 4 is 15.9 Å². The van der Waals surface area contributed by atoms with E-state index < -0.39 is 10.0 Å². The molecule has 1 aromatic carbocycles. The minimum Gasteiger partial charge on any atom is -0.379 e. The maximum absolute atomic E-state index is 13.2. The molecular weight excluding hydrogens is 364 g/mol. The number of amides is 1. The van der Waals surface area contributed by atoms with E-state index in [9.17, 15) is 13.2 Å². The molecule has 150 valence electrons. The molecule has 7 heteroatoms. The van der Waals surface area contributed by atoms with Crippen LogP contribution in [0.3, 0.4) is 0 Å². The first-order valence-electron chi connectivity index (χ1n) is 9.94. The zero-order valence-corrected chi connectivity index (χ0v) is 17.1. The van der Waals surface area contributed by atoms with Gasteiger partial charge in [-0.25, -0.2) is 8.42 Å². The molecule has 1 amide bonds. The van der Waals surface area contributed by atoms with Crippen LogP contribution in [0.15, 0.2) is 23.1 Å². The fourth-order valence-electron chi connectivity index (χ4n) is 4.04. The molecule has 6 nitrogen and oxygen atoms in total. The maximum atomic E-state index is 13.2. The summed E-state index contributed by atoms with van der Waals surface area (Å²) < 4.78 is 32.6. The molecule has 0 unspecified atom stereocenters. The average Bonchev–Trinajstić information content (AvgIpc) is 2.70. The van der Waals surface area contributed by atoms with E-state index in [-0.39, 0.29) is 16.8 Å². The van der Waals surface area contributed by atoms with E-state index >= 15 is 0 Å². The number of carbonyl (C=O) groups excluding carboxylic acids is 1. The second kappa shape index (κ2) is 8.71. The van der Waals surface area contributed by atoms with Crippen LogP contribution in [-0.2, 0) is 14.8 Å². The highest BCUT2D eigenvalue weighted by Crippen LogP contribution is 2.26. The second-order valence-electron chi connectivity index (χ2n) is 7.38. The monoisotopic (exact) mass is 394 g/mol. The number of nitrogens with zero attached hydrogens (tertiary/aromatic N) is 2. The van der Waals surface area contributed by atoms with Gasteiger partial charge in [-0.1, -0.05) is 25.3 Å². The number of hydrogen-bond acceptors (Lipinski definition) is 4. The third-order valence-electron chi connectivity index (χ3n) is 5.66. The molecule has 0 spiro atoms. The van der Waals surface area contributed by atoms with E-state index in [0.717, 1.165) is 31.2 Å². The minimum absolute atomic E-state index is 0.0547. The predicted octanol–water partition coefficient (Wildman–Crippen LogP) is 2.81. The van der Waals surface area contributed by atoms with E-state index in [4.69, 9.17) is 4.74 Å². The van der Waals surface area contributed by atoms with Gasteiger partial charge < -0.3 is 9.64 Å². The quantitative estimate of drug-likeness (QED) is 0.770. The molecule has 3 rings (SSSR count). The van der Waals surface area contributed by atoms with Gasteiger partial charge in [-0.3, -0.25) is 4.79 Å². The van der Waals surface area contributed by atoms with Gasteiger partial charge in [-0.05, 0) is 44.4 Å². The number of rotatable bonds is 5.